The van der Waals surface area contributed by atoms with Crippen LogP contribution in [-0.4, -0.2) is 18.5 Å². The fourth-order valence-corrected chi connectivity index (χ4v) is 4.59. The molecule has 0 amide bonds. The van der Waals surface area contributed by atoms with Crippen molar-refractivity contribution in [2.24, 2.45) is 11.3 Å². The molecule has 1 aliphatic rings. The maximum Gasteiger partial charge on any atom is 0.237 e. The van der Waals surface area contributed by atoms with E-state index in [9.17, 15) is 5.26 Å². The molecular weight excluding hydrogens is 410 g/mol. The monoisotopic (exact) mass is 449 g/mol. The Hall–Kier alpha value is -2.35. The summed E-state index contributed by atoms with van der Waals surface area (Å²) >= 11 is 0. The minimum absolute atomic E-state index is 0.109. The second kappa shape index (κ2) is 12.2. The highest BCUT2D eigenvalue weighted by Gasteiger charge is 2.52. The van der Waals surface area contributed by atoms with Crippen LogP contribution in [0.5, 0.6) is 5.75 Å². The molecule has 3 atom stereocenters. The van der Waals surface area contributed by atoms with E-state index in [0.29, 0.717) is 19.1 Å². The number of para-hydroxylation sites is 1. The van der Waals surface area contributed by atoms with E-state index >= 15 is 0 Å². The fourth-order valence-electron chi connectivity index (χ4n) is 4.59. The number of nitriles is 1. The Bertz CT molecular complexity index is 861. The zero-order chi connectivity index (χ0) is 23.6. The Morgan fingerprint density at radius 2 is 1.70 bits per heavy atom. The van der Waals surface area contributed by atoms with E-state index in [1.54, 1.807) is 0 Å². The van der Waals surface area contributed by atoms with Crippen molar-refractivity contribution in [3.63, 3.8) is 0 Å². The predicted octanol–water partition coefficient (Wildman–Crippen LogP) is 7.29. The zero-order valence-electron chi connectivity index (χ0n) is 20.5. The Morgan fingerprint density at radius 3 is 2.36 bits per heavy atom. The Labute approximate surface area is 199 Å². The van der Waals surface area contributed by atoms with Gasteiger partial charge in [0.1, 0.15) is 11.9 Å². The molecule has 33 heavy (non-hydrogen) atoms. The number of rotatable bonds is 13. The predicted molar refractivity (Wildman–Crippen MR) is 132 cm³/mol. The summed E-state index contributed by atoms with van der Waals surface area (Å²) in [6.07, 6.45) is 6.78. The topological polar surface area (TPSA) is 51.5 Å². The highest BCUT2D eigenvalue weighted by atomic mass is 16.7. The van der Waals surface area contributed by atoms with E-state index in [2.05, 4.69) is 25.1 Å². The maximum absolute atomic E-state index is 9.21. The lowest BCUT2D eigenvalue weighted by Gasteiger charge is -2.37. The minimum atomic E-state index is -0.791. The molecule has 0 spiro atoms. The van der Waals surface area contributed by atoms with Gasteiger partial charge in [-0.05, 0) is 56.7 Å². The molecule has 4 nitrogen and oxygen atoms in total. The summed E-state index contributed by atoms with van der Waals surface area (Å²) in [5.74, 6) is 0.428. The molecule has 2 aromatic rings. The van der Waals surface area contributed by atoms with Crippen LogP contribution in [0.3, 0.4) is 0 Å². The van der Waals surface area contributed by atoms with Gasteiger partial charge in [-0.2, -0.15) is 5.26 Å². The van der Waals surface area contributed by atoms with Crippen LogP contribution < -0.4 is 4.74 Å². The van der Waals surface area contributed by atoms with Gasteiger partial charge in [0, 0.05) is 13.0 Å². The number of unbranched alkanes of at least 4 members (excludes halogenated alkanes) is 2. The first-order chi connectivity index (χ1) is 16.0. The van der Waals surface area contributed by atoms with Crippen LogP contribution >= 0.6 is 0 Å². The van der Waals surface area contributed by atoms with Gasteiger partial charge in [-0.25, -0.2) is 0 Å². The van der Waals surface area contributed by atoms with Gasteiger partial charge in [-0.1, -0.05) is 74.7 Å². The van der Waals surface area contributed by atoms with Gasteiger partial charge in [-0.15, -0.1) is 0 Å². The van der Waals surface area contributed by atoms with Gasteiger partial charge in [-0.3, -0.25) is 0 Å². The molecule has 1 saturated carbocycles. The fraction of sp³-hybridized carbons (Fsp3) is 0.552. The van der Waals surface area contributed by atoms with E-state index < -0.39 is 5.79 Å². The molecule has 0 radical (unpaired) electrons. The lowest BCUT2D eigenvalue weighted by atomic mass is 9.89. The number of nitrogens with zero attached hydrogens (tertiary/aromatic N) is 1. The Morgan fingerprint density at radius 1 is 1.00 bits per heavy atom. The lowest BCUT2D eigenvalue weighted by Crippen LogP contribution is -2.49. The van der Waals surface area contributed by atoms with Gasteiger partial charge in [0.15, 0.2) is 0 Å². The van der Waals surface area contributed by atoms with Crippen LogP contribution in [0.2, 0.25) is 0 Å². The summed E-state index contributed by atoms with van der Waals surface area (Å²) < 4.78 is 19.7. The normalized spacial score (nSPS) is 22.7. The number of ether oxygens (including phenoxy) is 3. The summed E-state index contributed by atoms with van der Waals surface area (Å²) in [4.78, 5) is 0. The van der Waals surface area contributed by atoms with Crippen LogP contribution in [0.25, 0.3) is 0 Å². The van der Waals surface area contributed by atoms with Crippen LogP contribution in [0.4, 0.5) is 0 Å². The van der Waals surface area contributed by atoms with Crippen molar-refractivity contribution in [2.75, 3.05) is 6.61 Å². The molecule has 0 N–H and O–H groups in total. The molecule has 3 rings (SSSR count). The van der Waals surface area contributed by atoms with Crippen molar-refractivity contribution in [3.05, 3.63) is 66.2 Å². The molecule has 3 unspecified atom stereocenters. The van der Waals surface area contributed by atoms with Crippen LogP contribution in [0.15, 0.2) is 60.7 Å². The van der Waals surface area contributed by atoms with Crippen molar-refractivity contribution in [1.29, 1.82) is 5.26 Å². The summed E-state index contributed by atoms with van der Waals surface area (Å²) in [5.41, 5.74) is 0.885. The molecule has 0 heterocycles. The molecule has 0 saturated heterocycles. The van der Waals surface area contributed by atoms with Gasteiger partial charge in [0.25, 0.3) is 0 Å². The van der Waals surface area contributed by atoms with Gasteiger partial charge >= 0.3 is 0 Å². The first-order valence-electron chi connectivity index (χ1n) is 12.4. The van der Waals surface area contributed by atoms with Gasteiger partial charge in [0.05, 0.1) is 18.1 Å². The van der Waals surface area contributed by atoms with Crippen molar-refractivity contribution in [2.45, 2.75) is 84.2 Å². The third kappa shape index (κ3) is 7.32. The average molecular weight is 450 g/mol. The van der Waals surface area contributed by atoms with E-state index in [4.69, 9.17) is 14.2 Å². The van der Waals surface area contributed by atoms with Crippen LogP contribution in [0, 0.1) is 22.7 Å². The van der Waals surface area contributed by atoms with Gasteiger partial charge < -0.3 is 14.2 Å². The second-order valence-corrected chi connectivity index (χ2v) is 9.81. The lowest BCUT2D eigenvalue weighted by molar-refractivity contribution is -0.249. The molecule has 2 aromatic carbocycles. The summed E-state index contributed by atoms with van der Waals surface area (Å²) in [7, 11) is 0. The van der Waals surface area contributed by atoms with Gasteiger partial charge in [0.2, 0.25) is 5.79 Å². The Balaban J connectivity index is 1.67. The highest BCUT2D eigenvalue weighted by molar-refractivity contribution is 5.22. The van der Waals surface area contributed by atoms with E-state index in [-0.39, 0.29) is 11.5 Å². The largest absolute Gasteiger partial charge is 0.459 e. The van der Waals surface area contributed by atoms with Crippen molar-refractivity contribution < 1.29 is 14.2 Å². The molecule has 1 aliphatic carbocycles. The first kappa shape index (κ1) is 25.3. The van der Waals surface area contributed by atoms with E-state index in [1.165, 1.54) is 0 Å². The molecule has 0 aromatic heterocycles. The molecule has 1 fully saturated rings. The third-order valence-electron chi connectivity index (χ3n) is 6.66. The highest BCUT2D eigenvalue weighted by Crippen LogP contribution is 2.43. The smallest absolute Gasteiger partial charge is 0.237 e. The maximum atomic E-state index is 9.21. The van der Waals surface area contributed by atoms with E-state index in [0.717, 1.165) is 56.3 Å². The number of hydrogen-bond acceptors (Lipinski definition) is 4. The van der Waals surface area contributed by atoms with Crippen molar-refractivity contribution in [1.82, 2.24) is 0 Å². The number of hydrogen-bond donors (Lipinski definition) is 0. The SMILES string of the molecule is CCC1CCC(OCc2ccccc2)(Oc2ccccc2)C1OCCCCCC(C)(C)C#N. The van der Waals surface area contributed by atoms with Crippen LogP contribution in [0.1, 0.15) is 71.3 Å². The molecular formula is C29H39NO3. The molecule has 0 bridgehead atoms. The first-order valence-corrected chi connectivity index (χ1v) is 12.4. The quantitative estimate of drug-likeness (QED) is 0.238. The average Bonchev–Trinajstić information content (AvgIpc) is 3.18. The van der Waals surface area contributed by atoms with Crippen LogP contribution in [-0.2, 0) is 16.1 Å². The Kier molecular flexibility index (Phi) is 9.35. The summed E-state index contributed by atoms with van der Waals surface area (Å²) in [6.45, 7) is 7.41. The molecule has 0 aliphatic heterocycles. The standard InChI is InChI=1S/C29H39NO3/c1-4-25-18-20-29(33-26-16-10-6-11-17-26,32-22-24-14-8-5-9-15-24)27(25)31-21-13-7-12-19-28(2,3)23-30/h5-6,8-11,14-17,25,27H,4,7,12-13,18-22H2,1-3H3. The molecule has 4 heteroatoms. The summed E-state index contributed by atoms with van der Waals surface area (Å²) in [5, 5.41) is 9.21. The second-order valence-electron chi connectivity index (χ2n) is 9.81. The zero-order valence-corrected chi connectivity index (χ0v) is 20.5. The van der Waals surface area contributed by atoms with Crippen molar-refractivity contribution in [3.8, 4) is 11.8 Å². The number of benzene rings is 2. The summed E-state index contributed by atoms with van der Waals surface area (Å²) in [6, 6.07) is 22.6. The minimum Gasteiger partial charge on any atom is -0.459 e. The van der Waals surface area contributed by atoms with E-state index in [1.807, 2.05) is 62.4 Å². The third-order valence-corrected chi connectivity index (χ3v) is 6.66. The molecule has 178 valence electrons. The van der Waals surface area contributed by atoms with Crippen molar-refractivity contribution >= 4 is 0 Å².